The van der Waals surface area contributed by atoms with Gasteiger partial charge >= 0.3 is 5.97 Å². The fourth-order valence-electron chi connectivity index (χ4n) is 8.40. The highest BCUT2D eigenvalue weighted by Crippen LogP contribution is 2.38. The third kappa shape index (κ3) is 49.3. The van der Waals surface area contributed by atoms with Crippen molar-refractivity contribution in [2.24, 2.45) is 0 Å². The van der Waals surface area contributed by atoms with Crippen LogP contribution in [0.5, 0.6) is 0 Å². The number of ether oxygens (including phenoxy) is 1. The summed E-state index contributed by atoms with van der Waals surface area (Å²) in [6, 6.07) is -0.881. The van der Waals surface area contributed by atoms with E-state index in [2.05, 4.69) is 38.2 Å². The Bertz CT molecular complexity index is 1210. The van der Waals surface area contributed by atoms with Gasteiger partial charge in [0.25, 0.3) is 7.82 Å². The summed E-state index contributed by atoms with van der Waals surface area (Å²) >= 11 is 0. The van der Waals surface area contributed by atoms with Crippen LogP contribution in [0.25, 0.3) is 0 Å². The van der Waals surface area contributed by atoms with Crippen molar-refractivity contribution in [3.05, 3.63) is 24.3 Å². The number of esters is 1. The molecule has 0 heterocycles. The first-order valence-corrected chi connectivity index (χ1v) is 30.1. The molecule has 0 aliphatic heterocycles. The molecule has 67 heavy (non-hydrogen) atoms. The van der Waals surface area contributed by atoms with Crippen molar-refractivity contribution in [1.29, 1.82) is 0 Å². The van der Waals surface area contributed by atoms with Gasteiger partial charge in [-0.15, -0.1) is 0 Å². The lowest BCUT2D eigenvalue weighted by Crippen LogP contribution is -2.47. The van der Waals surface area contributed by atoms with Gasteiger partial charge in [-0.2, -0.15) is 0 Å². The van der Waals surface area contributed by atoms with E-state index in [1.165, 1.54) is 186 Å². The minimum absolute atomic E-state index is 0.0195. The Morgan fingerprint density at radius 2 is 0.866 bits per heavy atom. The second-order valence-corrected chi connectivity index (χ2v) is 22.2. The molecule has 396 valence electrons. The molecule has 10 heteroatoms. The third-order valence-corrected chi connectivity index (χ3v) is 13.8. The van der Waals surface area contributed by atoms with Gasteiger partial charge in [0.2, 0.25) is 5.91 Å². The minimum atomic E-state index is -4.68. The summed E-state index contributed by atoms with van der Waals surface area (Å²) in [5.74, 6) is -0.534. The number of allylic oxidation sites excluding steroid dienone is 3. The molecule has 0 saturated heterocycles. The molecule has 0 spiro atoms. The molecule has 0 bridgehead atoms. The van der Waals surface area contributed by atoms with Crippen LogP contribution < -0.4 is 10.2 Å². The van der Waals surface area contributed by atoms with Gasteiger partial charge < -0.3 is 28.5 Å². The van der Waals surface area contributed by atoms with E-state index < -0.39 is 20.0 Å². The number of carbonyl (C=O) groups excluding carboxylic acids is 2. The van der Waals surface area contributed by atoms with Crippen molar-refractivity contribution in [2.45, 2.75) is 290 Å². The number of likely N-dealkylation sites (N-methyl/N-ethyl adjacent to an activating group) is 1. The van der Waals surface area contributed by atoms with Crippen LogP contribution in [0.3, 0.4) is 0 Å². The average Bonchev–Trinajstić information content (AvgIpc) is 3.28. The van der Waals surface area contributed by atoms with E-state index in [0.717, 1.165) is 57.8 Å². The minimum Gasteiger partial charge on any atom is -0.756 e. The molecule has 3 atom stereocenters. The Morgan fingerprint density at radius 1 is 0.507 bits per heavy atom. The second-order valence-electron chi connectivity index (χ2n) is 20.8. The Hall–Kier alpha value is -1.51. The molecule has 0 aromatic heterocycles. The van der Waals surface area contributed by atoms with Crippen molar-refractivity contribution in [2.75, 3.05) is 40.9 Å². The topological polar surface area (TPSA) is 114 Å². The van der Waals surface area contributed by atoms with Crippen molar-refractivity contribution in [1.82, 2.24) is 5.32 Å². The summed E-state index contributed by atoms with van der Waals surface area (Å²) in [6.45, 7) is 6.84. The standard InChI is InChI=1S/C57H111N2O7P/c1-7-10-13-16-19-22-25-26-27-28-29-30-31-32-35-37-40-43-46-49-56(60)58-54(53-65-67(62,63)64-52-51-59(4,5)6)55(48-45-42-39-36-33-23-20-17-14-11-8-2)66-57(61)50-47-44-41-38-34-24-21-18-15-12-9-3/h26-27,45,48,54-55H,7-25,28-44,46-47,49-53H2,1-6H3,(H-,58,60,62,63)/b27-26+,48-45-. The molecule has 0 radical (unpaired) electrons. The lowest BCUT2D eigenvalue weighted by atomic mass is 10.0. The van der Waals surface area contributed by atoms with Crippen LogP contribution in [0.2, 0.25) is 0 Å². The predicted octanol–water partition coefficient (Wildman–Crippen LogP) is 16.4. The Labute approximate surface area is 415 Å². The zero-order chi connectivity index (χ0) is 49.4. The number of phosphoric acid groups is 1. The van der Waals surface area contributed by atoms with Gasteiger partial charge in [0, 0.05) is 12.8 Å². The van der Waals surface area contributed by atoms with Crippen LogP contribution in [0.4, 0.5) is 0 Å². The number of rotatable bonds is 52. The number of amides is 1. The van der Waals surface area contributed by atoms with Gasteiger partial charge in [-0.1, -0.05) is 232 Å². The second kappa shape index (κ2) is 48.1. The van der Waals surface area contributed by atoms with Crippen molar-refractivity contribution >= 4 is 19.7 Å². The number of phosphoric ester groups is 1. The number of hydrogen-bond acceptors (Lipinski definition) is 7. The molecule has 0 aromatic carbocycles. The molecular weight excluding hydrogens is 856 g/mol. The summed E-state index contributed by atoms with van der Waals surface area (Å²) in [4.78, 5) is 39.7. The molecule has 0 aromatic rings. The first kappa shape index (κ1) is 65.5. The first-order valence-electron chi connectivity index (χ1n) is 28.6. The fourth-order valence-corrected chi connectivity index (χ4v) is 9.12. The van der Waals surface area contributed by atoms with Gasteiger partial charge in [0.1, 0.15) is 19.3 Å². The highest BCUT2D eigenvalue weighted by atomic mass is 31.2. The monoisotopic (exact) mass is 967 g/mol. The average molecular weight is 967 g/mol. The molecule has 0 aliphatic carbocycles. The molecule has 0 rings (SSSR count). The van der Waals surface area contributed by atoms with Gasteiger partial charge in [0.05, 0.1) is 33.8 Å². The summed E-state index contributed by atoms with van der Waals surface area (Å²) in [5.41, 5.74) is 0. The van der Waals surface area contributed by atoms with Gasteiger partial charge in [0.15, 0.2) is 0 Å². The van der Waals surface area contributed by atoms with E-state index in [4.69, 9.17) is 13.8 Å². The largest absolute Gasteiger partial charge is 0.756 e. The highest BCUT2D eigenvalue weighted by Gasteiger charge is 2.27. The maximum atomic E-state index is 13.5. The summed E-state index contributed by atoms with van der Waals surface area (Å²) < 4.78 is 30.2. The summed E-state index contributed by atoms with van der Waals surface area (Å²) in [7, 11) is 1.19. The van der Waals surface area contributed by atoms with Crippen molar-refractivity contribution in [3.8, 4) is 0 Å². The Morgan fingerprint density at radius 3 is 1.27 bits per heavy atom. The fraction of sp³-hybridized carbons (Fsp3) is 0.895. The van der Waals surface area contributed by atoms with Gasteiger partial charge in [-0.3, -0.25) is 14.2 Å². The van der Waals surface area contributed by atoms with E-state index in [-0.39, 0.29) is 31.5 Å². The highest BCUT2D eigenvalue weighted by molar-refractivity contribution is 7.45. The smallest absolute Gasteiger partial charge is 0.306 e. The van der Waals surface area contributed by atoms with Crippen LogP contribution in [-0.2, 0) is 27.9 Å². The third-order valence-electron chi connectivity index (χ3n) is 12.9. The number of nitrogens with zero attached hydrogens (tertiary/aromatic N) is 1. The zero-order valence-electron chi connectivity index (χ0n) is 45.1. The molecule has 3 unspecified atom stereocenters. The predicted molar refractivity (Wildman–Crippen MR) is 284 cm³/mol. The van der Waals surface area contributed by atoms with E-state index in [1.54, 1.807) is 0 Å². The molecule has 9 nitrogen and oxygen atoms in total. The van der Waals surface area contributed by atoms with Crippen LogP contribution in [0.15, 0.2) is 24.3 Å². The van der Waals surface area contributed by atoms with Gasteiger partial charge in [-0.05, 0) is 57.4 Å². The normalized spacial score (nSPS) is 14.0. The van der Waals surface area contributed by atoms with E-state index >= 15 is 0 Å². The summed E-state index contributed by atoms with van der Waals surface area (Å²) in [6.07, 6.45) is 54.2. The van der Waals surface area contributed by atoms with Crippen molar-refractivity contribution < 1.29 is 37.3 Å². The van der Waals surface area contributed by atoms with E-state index in [0.29, 0.717) is 17.4 Å². The molecule has 0 fully saturated rings. The molecule has 0 aliphatic rings. The summed E-state index contributed by atoms with van der Waals surface area (Å²) in [5, 5.41) is 3.02. The quantitative estimate of drug-likeness (QED) is 0.0212. The molecule has 0 saturated carbocycles. The zero-order valence-corrected chi connectivity index (χ0v) is 46.0. The number of quaternary nitrogens is 1. The van der Waals surface area contributed by atoms with Crippen LogP contribution >= 0.6 is 7.82 Å². The lowest BCUT2D eigenvalue weighted by Gasteiger charge is -2.30. The van der Waals surface area contributed by atoms with Crippen LogP contribution in [0, 0.1) is 0 Å². The van der Waals surface area contributed by atoms with Crippen LogP contribution in [-0.4, -0.2) is 69.4 Å². The SMILES string of the molecule is CCCCCCCC/C=C/CCCCCCCCCCCC(=O)NC(COP(=O)([O-])OCC[N+](C)(C)C)C(/C=C\CCCCCCCCCCC)OC(=O)CCCCCCCCCCCCC. The molecule has 1 amide bonds. The maximum Gasteiger partial charge on any atom is 0.306 e. The number of unbranched alkanes of at least 4 members (excludes halogenated alkanes) is 34. The molecule has 1 N–H and O–H groups in total. The van der Waals surface area contributed by atoms with E-state index in [9.17, 15) is 19.0 Å². The maximum absolute atomic E-state index is 13.5. The number of hydrogen-bond donors (Lipinski definition) is 1. The van der Waals surface area contributed by atoms with Crippen LogP contribution in [0.1, 0.15) is 278 Å². The molecular formula is C57H111N2O7P. The first-order chi connectivity index (χ1) is 32.4. The number of nitrogens with one attached hydrogen (secondary N) is 1. The van der Waals surface area contributed by atoms with Crippen molar-refractivity contribution in [3.63, 3.8) is 0 Å². The Kier molecular flexibility index (Phi) is 47.0. The number of carbonyl (C=O) groups is 2. The van der Waals surface area contributed by atoms with E-state index in [1.807, 2.05) is 33.3 Å². The lowest BCUT2D eigenvalue weighted by molar-refractivity contribution is -0.870. The van der Waals surface area contributed by atoms with Gasteiger partial charge in [-0.25, -0.2) is 0 Å². The Balaban J connectivity index is 5.23.